The lowest BCUT2D eigenvalue weighted by atomic mass is 10.3. The van der Waals surface area contributed by atoms with E-state index in [-0.39, 0.29) is 0 Å². The molecule has 4 nitrogen and oxygen atoms in total. The number of nitrogens with two attached hydrogens (primary N) is 1. The van der Waals surface area contributed by atoms with E-state index in [9.17, 15) is 4.79 Å². The van der Waals surface area contributed by atoms with Crippen molar-refractivity contribution in [3.63, 3.8) is 0 Å². The fourth-order valence-electron chi connectivity index (χ4n) is 1.49. The molecule has 4 N–H and O–H groups in total. The van der Waals surface area contributed by atoms with E-state index >= 15 is 0 Å². The van der Waals surface area contributed by atoms with E-state index in [0.29, 0.717) is 27.0 Å². The molecule has 0 heterocycles. The summed E-state index contributed by atoms with van der Waals surface area (Å²) in [5.41, 5.74) is 7.23. The number of nitrogens with one attached hydrogen (secondary N) is 2. The number of rotatable bonds is 2. The Morgan fingerprint density at radius 3 is 2.47 bits per heavy atom. The van der Waals surface area contributed by atoms with E-state index in [1.807, 2.05) is 12.1 Å². The van der Waals surface area contributed by atoms with Gasteiger partial charge in [0.15, 0.2) is 0 Å². The Kier molecular flexibility index (Phi) is 4.19. The maximum Gasteiger partial charge on any atom is 0.323 e. The van der Waals surface area contributed by atoms with Crippen molar-refractivity contribution in [1.29, 1.82) is 0 Å². The minimum atomic E-state index is -0.395. The highest BCUT2D eigenvalue weighted by Gasteiger charge is 2.07. The summed E-state index contributed by atoms with van der Waals surface area (Å²) in [5.74, 6) is 0. The molecule has 2 rings (SSSR count). The number of urea groups is 1. The van der Waals surface area contributed by atoms with Gasteiger partial charge in [-0.15, -0.1) is 12.6 Å². The Labute approximate surface area is 121 Å². The second-order valence-electron chi connectivity index (χ2n) is 3.84. The average molecular weight is 294 g/mol. The molecule has 0 aromatic heterocycles. The first kappa shape index (κ1) is 13.6. The first-order valence-corrected chi connectivity index (χ1v) is 6.30. The highest BCUT2D eigenvalue weighted by Crippen LogP contribution is 2.24. The predicted molar refractivity (Wildman–Crippen MR) is 82.2 cm³/mol. The molecule has 0 atom stereocenters. The molecule has 2 aromatic carbocycles. The van der Waals surface area contributed by atoms with E-state index in [0.717, 1.165) is 0 Å². The highest BCUT2D eigenvalue weighted by atomic mass is 35.5. The van der Waals surface area contributed by atoms with Crippen LogP contribution in [0.4, 0.5) is 21.9 Å². The maximum absolute atomic E-state index is 11.8. The van der Waals surface area contributed by atoms with Crippen LogP contribution in [0.3, 0.4) is 0 Å². The lowest BCUT2D eigenvalue weighted by molar-refractivity contribution is 0.262. The number of anilines is 3. The number of para-hydroxylation sites is 1. The smallest absolute Gasteiger partial charge is 0.323 e. The van der Waals surface area contributed by atoms with Gasteiger partial charge in [-0.1, -0.05) is 23.7 Å². The van der Waals surface area contributed by atoms with Crippen LogP contribution in [-0.2, 0) is 0 Å². The minimum Gasteiger partial charge on any atom is -0.399 e. The summed E-state index contributed by atoms with van der Waals surface area (Å²) in [5, 5.41) is 5.71. The molecule has 2 amide bonds. The Hall–Kier alpha value is -1.85. The average Bonchev–Trinajstić information content (AvgIpc) is 2.36. The Bertz CT molecular complexity index is 619. The summed E-state index contributed by atoms with van der Waals surface area (Å²) in [6, 6.07) is 11.7. The Morgan fingerprint density at radius 1 is 1.11 bits per heavy atom. The number of halogens is 1. The zero-order valence-corrected chi connectivity index (χ0v) is 11.5. The molecule has 0 saturated carbocycles. The molecule has 0 aliphatic heterocycles. The largest absolute Gasteiger partial charge is 0.399 e. The number of amides is 2. The van der Waals surface area contributed by atoms with Crippen molar-refractivity contribution in [2.24, 2.45) is 0 Å². The summed E-state index contributed by atoms with van der Waals surface area (Å²) < 4.78 is 0. The summed E-state index contributed by atoms with van der Waals surface area (Å²) in [4.78, 5) is 12.5. The van der Waals surface area contributed by atoms with Crippen LogP contribution in [0.25, 0.3) is 0 Å². The van der Waals surface area contributed by atoms with Crippen LogP contribution in [0.15, 0.2) is 47.4 Å². The summed E-state index contributed by atoms with van der Waals surface area (Å²) >= 11 is 10.2. The van der Waals surface area contributed by atoms with Gasteiger partial charge in [0.2, 0.25) is 0 Å². The molecule has 0 fully saturated rings. The third kappa shape index (κ3) is 3.56. The quantitative estimate of drug-likeness (QED) is 0.502. The zero-order valence-electron chi connectivity index (χ0n) is 9.85. The Balaban J connectivity index is 2.08. The van der Waals surface area contributed by atoms with Gasteiger partial charge in [-0.05, 0) is 30.3 Å². The number of benzene rings is 2. The van der Waals surface area contributed by atoms with E-state index in [1.165, 1.54) is 0 Å². The SMILES string of the molecule is Nc1ccc(NC(=O)Nc2ccccc2S)c(Cl)c1. The van der Waals surface area contributed by atoms with Gasteiger partial charge in [-0.2, -0.15) is 0 Å². The molecule has 0 saturated heterocycles. The summed E-state index contributed by atoms with van der Waals surface area (Å²) in [6.07, 6.45) is 0. The number of hydrogen-bond donors (Lipinski definition) is 4. The molecule has 0 unspecified atom stereocenters. The third-order valence-corrected chi connectivity index (χ3v) is 3.10. The van der Waals surface area contributed by atoms with Crippen molar-refractivity contribution in [2.75, 3.05) is 16.4 Å². The van der Waals surface area contributed by atoms with Crippen molar-refractivity contribution in [3.05, 3.63) is 47.5 Å². The van der Waals surface area contributed by atoms with E-state index < -0.39 is 6.03 Å². The van der Waals surface area contributed by atoms with Gasteiger partial charge >= 0.3 is 6.03 Å². The van der Waals surface area contributed by atoms with Crippen molar-refractivity contribution >= 4 is 47.3 Å². The first-order chi connectivity index (χ1) is 9.06. The van der Waals surface area contributed by atoms with E-state index in [2.05, 4.69) is 23.3 Å². The molecule has 19 heavy (non-hydrogen) atoms. The fourth-order valence-corrected chi connectivity index (χ4v) is 1.94. The number of nitrogen functional groups attached to an aromatic ring is 1. The number of thiol groups is 1. The van der Waals surface area contributed by atoms with Crippen molar-refractivity contribution in [2.45, 2.75) is 4.90 Å². The van der Waals surface area contributed by atoms with Crippen LogP contribution < -0.4 is 16.4 Å². The van der Waals surface area contributed by atoms with Gasteiger partial charge in [0, 0.05) is 10.6 Å². The molecule has 0 aliphatic rings. The molecular formula is C13H12ClN3OS. The standard InChI is InChI=1S/C13H12ClN3OS/c14-9-7-8(15)5-6-10(9)16-13(18)17-11-3-1-2-4-12(11)19/h1-7,19H,15H2,(H2,16,17,18). The van der Waals surface area contributed by atoms with Gasteiger partial charge in [-0.25, -0.2) is 4.79 Å². The van der Waals surface area contributed by atoms with Gasteiger partial charge in [0.25, 0.3) is 0 Å². The summed E-state index contributed by atoms with van der Waals surface area (Å²) in [7, 11) is 0. The first-order valence-electron chi connectivity index (χ1n) is 5.47. The van der Waals surface area contributed by atoms with Gasteiger partial charge in [-0.3, -0.25) is 0 Å². The van der Waals surface area contributed by atoms with Gasteiger partial charge < -0.3 is 16.4 Å². The number of hydrogen-bond acceptors (Lipinski definition) is 3. The molecule has 0 spiro atoms. The molecular weight excluding hydrogens is 282 g/mol. The van der Waals surface area contributed by atoms with Crippen molar-refractivity contribution < 1.29 is 4.79 Å². The molecule has 0 radical (unpaired) electrons. The number of carbonyl (C=O) groups is 1. The fraction of sp³-hybridized carbons (Fsp3) is 0. The van der Waals surface area contributed by atoms with Crippen molar-refractivity contribution in [3.8, 4) is 0 Å². The number of carbonyl (C=O) groups excluding carboxylic acids is 1. The topological polar surface area (TPSA) is 67.1 Å². The van der Waals surface area contributed by atoms with E-state index in [1.54, 1.807) is 30.3 Å². The van der Waals surface area contributed by atoms with Crippen LogP contribution in [-0.4, -0.2) is 6.03 Å². The second-order valence-corrected chi connectivity index (χ2v) is 4.72. The third-order valence-electron chi connectivity index (χ3n) is 2.39. The van der Waals surface area contributed by atoms with E-state index in [4.69, 9.17) is 17.3 Å². The molecule has 98 valence electrons. The maximum atomic E-state index is 11.8. The Morgan fingerprint density at radius 2 is 1.79 bits per heavy atom. The lowest BCUT2D eigenvalue weighted by Gasteiger charge is -2.10. The summed E-state index contributed by atoms with van der Waals surface area (Å²) in [6.45, 7) is 0. The molecule has 0 aliphatic carbocycles. The normalized spacial score (nSPS) is 10.0. The van der Waals surface area contributed by atoms with Gasteiger partial charge in [0.05, 0.1) is 16.4 Å². The highest BCUT2D eigenvalue weighted by molar-refractivity contribution is 7.80. The molecule has 6 heteroatoms. The lowest BCUT2D eigenvalue weighted by Crippen LogP contribution is -2.19. The zero-order chi connectivity index (χ0) is 13.8. The monoisotopic (exact) mass is 293 g/mol. The van der Waals surface area contributed by atoms with Crippen LogP contribution in [0, 0.1) is 0 Å². The van der Waals surface area contributed by atoms with Crippen LogP contribution in [0.2, 0.25) is 5.02 Å². The van der Waals surface area contributed by atoms with Crippen LogP contribution in [0.1, 0.15) is 0 Å². The second kappa shape index (κ2) is 5.86. The van der Waals surface area contributed by atoms with Crippen molar-refractivity contribution in [1.82, 2.24) is 0 Å². The van der Waals surface area contributed by atoms with Crippen LogP contribution in [0.5, 0.6) is 0 Å². The van der Waals surface area contributed by atoms with Crippen LogP contribution >= 0.6 is 24.2 Å². The molecule has 0 bridgehead atoms. The molecule has 2 aromatic rings. The van der Waals surface area contributed by atoms with Gasteiger partial charge in [0.1, 0.15) is 0 Å². The minimum absolute atomic E-state index is 0.384. The predicted octanol–water partition coefficient (Wildman–Crippen LogP) is 3.85.